The van der Waals surface area contributed by atoms with Crippen LogP contribution >= 0.6 is 0 Å². The average molecular weight is 265 g/mol. The molecule has 1 N–H and O–H groups in total. The zero-order valence-corrected chi connectivity index (χ0v) is 11.0. The minimum atomic E-state index is -1.61. The van der Waals surface area contributed by atoms with E-state index in [4.69, 9.17) is 0 Å². The quantitative estimate of drug-likeness (QED) is 0.866. The van der Waals surface area contributed by atoms with Gasteiger partial charge in [0, 0.05) is 12.1 Å². The molecule has 3 rings (SSSR count). The Hall–Kier alpha value is -2.39. The zero-order valence-electron chi connectivity index (χ0n) is 11.0. The molecule has 20 heavy (non-hydrogen) atoms. The summed E-state index contributed by atoms with van der Waals surface area (Å²) in [5.74, 6) is -0.329. The van der Waals surface area contributed by atoms with Crippen LogP contribution in [-0.2, 0) is 10.4 Å². The van der Waals surface area contributed by atoms with Crippen LogP contribution < -0.4 is 4.90 Å². The number of hydrogen-bond acceptors (Lipinski definition) is 2. The number of hydrogen-bond donors (Lipinski definition) is 1. The van der Waals surface area contributed by atoms with Gasteiger partial charge >= 0.3 is 0 Å². The first-order valence-electron chi connectivity index (χ1n) is 6.50. The van der Waals surface area contributed by atoms with Gasteiger partial charge in [-0.05, 0) is 11.6 Å². The van der Waals surface area contributed by atoms with Crippen molar-refractivity contribution in [2.75, 3.05) is 11.4 Å². The fraction of sp³-hybridized carbons (Fsp3) is 0.118. The van der Waals surface area contributed by atoms with Crippen LogP contribution in [0.1, 0.15) is 11.1 Å². The molecule has 0 saturated heterocycles. The lowest BCUT2D eigenvalue weighted by Gasteiger charge is -2.23. The normalized spacial score (nSPS) is 20.9. The maximum absolute atomic E-state index is 12.7. The Morgan fingerprint density at radius 2 is 1.75 bits per heavy atom. The van der Waals surface area contributed by atoms with E-state index in [9.17, 15) is 9.90 Å². The van der Waals surface area contributed by atoms with Gasteiger partial charge in [-0.15, -0.1) is 6.58 Å². The molecule has 1 aliphatic rings. The van der Waals surface area contributed by atoms with Crippen LogP contribution in [0.2, 0.25) is 0 Å². The van der Waals surface area contributed by atoms with Gasteiger partial charge < -0.3 is 10.0 Å². The monoisotopic (exact) mass is 265 g/mol. The van der Waals surface area contributed by atoms with Crippen LogP contribution in [0.3, 0.4) is 0 Å². The van der Waals surface area contributed by atoms with Crippen LogP contribution in [0.25, 0.3) is 0 Å². The average Bonchev–Trinajstić information content (AvgIpc) is 2.72. The summed E-state index contributed by atoms with van der Waals surface area (Å²) in [6, 6.07) is 16.4. The standard InChI is InChI=1S/C17H15NO2/c1-2-12-18-15-11-7-6-10-14(15)17(20,16(18)19)13-8-4-3-5-9-13/h2-11,20H,1,12H2. The van der Waals surface area contributed by atoms with Crippen LogP contribution in [0, 0.1) is 0 Å². The van der Waals surface area contributed by atoms with Crippen molar-refractivity contribution < 1.29 is 9.90 Å². The molecule has 0 radical (unpaired) electrons. The largest absolute Gasteiger partial charge is 0.372 e. The lowest BCUT2D eigenvalue weighted by Crippen LogP contribution is -2.41. The van der Waals surface area contributed by atoms with Gasteiger partial charge in [0.05, 0.1) is 5.69 Å². The summed E-state index contributed by atoms with van der Waals surface area (Å²) in [5.41, 5.74) is 0.340. The van der Waals surface area contributed by atoms with Crippen molar-refractivity contribution in [3.63, 3.8) is 0 Å². The molecule has 3 nitrogen and oxygen atoms in total. The minimum absolute atomic E-state index is 0.329. The molecule has 2 aromatic carbocycles. The second-order valence-corrected chi connectivity index (χ2v) is 4.80. The topological polar surface area (TPSA) is 40.5 Å². The molecule has 0 bridgehead atoms. The number of rotatable bonds is 3. The summed E-state index contributed by atoms with van der Waals surface area (Å²) in [6.45, 7) is 4.06. The Labute approximate surface area is 117 Å². The van der Waals surface area contributed by atoms with Gasteiger partial charge in [-0.25, -0.2) is 0 Å². The maximum atomic E-state index is 12.7. The van der Waals surface area contributed by atoms with Crippen molar-refractivity contribution in [2.24, 2.45) is 0 Å². The molecule has 0 spiro atoms. The Bertz CT molecular complexity index is 666. The SMILES string of the molecule is C=CCN1C(=O)C(O)(c2ccccc2)c2ccccc21. The molecule has 0 saturated carbocycles. The highest BCUT2D eigenvalue weighted by Gasteiger charge is 2.50. The second kappa shape index (κ2) is 4.62. The number of aliphatic hydroxyl groups is 1. The van der Waals surface area contributed by atoms with Crippen molar-refractivity contribution in [3.8, 4) is 0 Å². The van der Waals surface area contributed by atoms with Gasteiger partial charge in [-0.2, -0.15) is 0 Å². The number of anilines is 1. The molecule has 100 valence electrons. The van der Waals surface area contributed by atoms with E-state index >= 15 is 0 Å². The lowest BCUT2D eigenvalue weighted by molar-refractivity contribution is -0.132. The molecular weight excluding hydrogens is 250 g/mol. The number of nitrogens with zero attached hydrogens (tertiary/aromatic N) is 1. The highest BCUT2D eigenvalue weighted by molar-refractivity contribution is 6.09. The molecule has 1 aliphatic heterocycles. The highest BCUT2D eigenvalue weighted by Crippen LogP contribution is 2.43. The zero-order chi connectivity index (χ0) is 14.2. The molecule has 1 atom stereocenters. The van der Waals surface area contributed by atoms with Crippen LogP contribution in [-0.4, -0.2) is 17.6 Å². The third kappa shape index (κ3) is 1.60. The van der Waals surface area contributed by atoms with Gasteiger partial charge in [0.2, 0.25) is 0 Å². The Morgan fingerprint density at radius 1 is 1.10 bits per heavy atom. The Balaban J connectivity index is 2.22. The summed E-state index contributed by atoms with van der Waals surface area (Å²) in [6.07, 6.45) is 1.66. The van der Waals surface area contributed by atoms with Crippen molar-refractivity contribution in [3.05, 3.63) is 78.4 Å². The molecule has 1 amide bonds. The van der Waals surface area contributed by atoms with Crippen molar-refractivity contribution >= 4 is 11.6 Å². The molecule has 1 heterocycles. The van der Waals surface area contributed by atoms with E-state index in [0.29, 0.717) is 17.7 Å². The first kappa shape index (κ1) is 12.6. The third-order valence-electron chi connectivity index (χ3n) is 3.64. The lowest BCUT2D eigenvalue weighted by atomic mass is 9.88. The number of benzene rings is 2. The van der Waals surface area contributed by atoms with Crippen LogP contribution in [0.15, 0.2) is 67.3 Å². The molecule has 1 unspecified atom stereocenters. The number of carbonyl (C=O) groups excluding carboxylic acids is 1. The van der Waals surface area contributed by atoms with Crippen molar-refractivity contribution in [1.82, 2.24) is 0 Å². The highest BCUT2D eigenvalue weighted by atomic mass is 16.3. The molecule has 3 heteroatoms. The Morgan fingerprint density at radius 3 is 2.45 bits per heavy atom. The molecule has 2 aromatic rings. The first-order chi connectivity index (χ1) is 9.69. The number of fused-ring (bicyclic) bond motifs is 1. The summed E-state index contributed by atoms with van der Waals surface area (Å²) >= 11 is 0. The molecule has 0 aromatic heterocycles. The van der Waals surface area contributed by atoms with Gasteiger partial charge in [0.25, 0.3) is 5.91 Å². The van der Waals surface area contributed by atoms with Gasteiger partial charge in [0.1, 0.15) is 0 Å². The number of para-hydroxylation sites is 1. The minimum Gasteiger partial charge on any atom is -0.372 e. The van der Waals surface area contributed by atoms with Crippen LogP contribution in [0.5, 0.6) is 0 Å². The predicted molar refractivity (Wildman–Crippen MR) is 78.4 cm³/mol. The van der Waals surface area contributed by atoms with E-state index in [0.717, 1.165) is 5.69 Å². The van der Waals surface area contributed by atoms with E-state index in [2.05, 4.69) is 6.58 Å². The second-order valence-electron chi connectivity index (χ2n) is 4.80. The Kier molecular flexibility index (Phi) is 2.92. The smallest absolute Gasteiger partial charge is 0.268 e. The molecule has 0 fully saturated rings. The van der Waals surface area contributed by atoms with Gasteiger partial charge in [-0.1, -0.05) is 54.6 Å². The fourth-order valence-electron chi connectivity index (χ4n) is 2.70. The van der Waals surface area contributed by atoms with E-state index in [1.54, 1.807) is 29.2 Å². The number of carbonyl (C=O) groups is 1. The third-order valence-corrected chi connectivity index (χ3v) is 3.64. The van der Waals surface area contributed by atoms with Gasteiger partial charge in [-0.3, -0.25) is 4.79 Å². The van der Waals surface area contributed by atoms with E-state index in [-0.39, 0.29) is 5.91 Å². The van der Waals surface area contributed by atoms with Crippen molar-refractivity contribution in [1.29, 1.82) is 0 Å². The summed E-state index contributed by atoms with van der Waals surface area (Å²) < 4.78 is 0. The summed E-state index contributed by atoms with van der Waals surface area (Å²) in [7, 11) is 0. The summed E-state index contributed by atoms with van der Waals surface area (Å²) in [4.78, 5) is 14.3. The molecule has 0 aliphatic carbocycles. The molecular formula is C17H15NO2. The first-order valence-corrected chi connectivity index (χ1v) is 6.50. The van der Waals surface area contributed by atoms with E-state index in [1.807, 2.05) is 36.4 Å². The van der Waals surface area contributed by atoms with Crippen LogP contribution in [0.4, 0.5) is 5.69 Å². The van der Waals surface area contributed by atoms with E-state index in [1.165, 1.54) is 0 Å². The fourth-order valence-corrected chi connectivity index (χ4v) is 2.70. The van der Waals surface area contributed by atoms with E-state index < -0.39 is 5.60 Å². The van der Waals surface area contributed by atoms with Gasteiger partial charge in [0.15, 0.2) is 5.60 Å². The number of amides is 1. The summed E-state index contributed by atoms with van der Waals surface area (Å²) in [5, 5.41) is 11.1. The predicted octanol–water partition coefficient (Wildman–Crippen LogP) is 2.46. The maximum Gasteiger partial charge on any atom is 0.268 e. The van der Waals surface area contributed by atoms with Crippen molar-refractivity contribution in [2.45, 2.75) is 5.60 Å².